The zero-order valence-corrected chi connectivity index (χ0v) is 8.37. The lowest BCUT2D eigenvalue weighted by molar-refractivity contribution is -0.121. The van der Waals surface area contributed by atoms with Crippen molar-refractivity contribution in [3.63, 3.8) is 0 Å². The van der Waals surface area contributed by atoms with Crippen LogP contribution in [0.15, 0.2) is 0 Å². The summed E-state index contributed by atoms with van der Waals surface area (Å²) in [5.41, 5.74) is 5.29. The lowest BCUT2D eigenvalue weighted by Gasteiger charge is -2.28. The normalized spacial score (nSPS) is 20.3. The number of amides is 1. The lowest BCUT2D eigenvalue weighted by Crippen LogP contribution is -2.47. The smallest absolute Gasteiger partial charge is 0.234 e. The van der Waals surface area contributed by atoms with Gasteiger partial charge in [0.2, 0.25) is 5.91 Å². The summed E-state index contributed by atoms with van der Waals surface area (Å²) in [5.74, 6) is -0.0139. The van der Waals surface area contributed by atoms with Crippen LogP contribution in [-0.4, -0.2) is 24.8 Å². The molecule has 80 valence electrons. The van der Waals surface area contributed by atoms with Gasteiger partial charge in [0.1, 0.15) is 6.29 Å². The predicted octanol–water partition coefficient (Wildman–Crippen LogP) is 0.209. The van der Waals surface area contributed by atoms with Gasteiger partial charge in [-0.25, -0.2) is 0 Å². The van der Waals surface area contributed by atoms with Crippen LogP contribution in [-0.2, 0) is 9.59 Å². The summed E-state index contributed by atoms with van der Waals surface area (Å²) in [5, 5.41) is 2.90. The minimum atomic E-state index is -0.334. The van der Waals surface area contributed by atoms with Crippen LogP contribution >= 0.6 is 0 Å². The third kappa shape index (κ3) is 3.10. The minimum Gasteiger partial charge on any atom is -0.368 e. The standard InChI is InChI=1S/C10H18N2O2/c11-10(14)9(12-6-7-13)8-4-2-1-3-5-8/h7-9,12H,1-6H2,(H2,11,14). The molecule has 1 unspecified atom stereocenters. The summed E-state index contributed by atoms with van der Waals surface area (Å²) in [4.78, 5) is 21.3. The zero-order valence-electron chi connectivity index (χ0n) is 8.37. The Labute approximate surface area is 84.2 Å². The summed E-state index contributed by atoms with van der Waals surface area (Å²) in [7, 11) is 0. The van der Waals surface area contributed by atoms with Crippen molar-refractivity contribution in [2.45, 2.75) is 38.1 Å². The number of carbonyl (C=O) groups is 2. The molecule has 0 aromatic carbocycles. The fraction of sp³-hybridized carbons (Fsp3) is 0.800. The fourth-order valence-corrected chi connectivity index (χ4v) is 2.14. The van der Waals surface area contributed by atoms with E-state index in [1.165, 1.54) is 6.42 Å². The summed E-state index contributed by atoms with van der Waals surface area (Å²) in [6, 6.07) is -0.319. The van der Waals surface area contributed by atoms with E-state index >= 15 is 0 Å². The molecule has 0 saturated heterocycles. The van der Waals surface area contributed by atoms with Crippen molar-refractivity contribution >= 4 is 12.2 Å². The van der Waals surface area contributed by atoms with Gasteiger partial charge in [0.15, 0.2) is 0 Å². The molecule has 1 saturated carbocycles. The summed E-state index contributed by atoms with van der Waals surface area (Å²) in [6.07, 6.45) is 6.42. The number of rotatable bonds is 5. The van der Waals surface area contributed by atoms with Crippen molar-refractivity contribution in [3.05, 3.63) is 0 Å². The Morgan fingerprint density at radius 2 is 2.07 bits per heavy atom. The quantitative estimate of drug-likeness (QED) is 0.620. The molecule has 1 amide bonds. The van der Waals surface area contributed by atoms with Crippen molar-refractivity contribution in [2.75, 3.05) is 6.54 Å². The van der Waals surface area contributed by atoms with Gasteiger partial charge >= 0.3 is 0 Å². The zero-order chi connectivity index (χ0) is 10.4. The number of nitrogens with one attached hydrogen (secondary N) is 1. The molecule has 0 spiro atoms. The molecule has 1 aliphatic carbocycles. The molecule has 0 radical (unpaired) electrons. The molecule has 0 aromatic rings. The fourth-order valence-electron chi connectivity index (χ4n) is 2.14. The van der Waals surface area contributed by atoms with Gasteiger partial charge in [-0.1, -0.05) is 19.3 Å². The lowest BCUT2D eigenvalue weighted by atomic mass is 9.83. The molecule has 4 heteroatoms. The van der Waals surface area contributed by atoms with E-state index in [2.05, 4.69) is 5.32 Å². The van der Waals surface area contributed by atoms with E-state index in [1.807, 2.05) is 0 Å². The molecule has 1 atom stereocenters. The highest BCUT2D eigenvalue weighted by atomic mass is 16.1. The highest BCUT2D eigenvalue weighted by Crippen LogP contribution is 2.26. The van der Waals surface area contributed by atoms with Gasteiger partial charge < -0.3 is 10.5 Å². The Morgan fingerprint density at radius 1 is 1.43 bits per heavy atom. The van der Waals surface area contributed by atoms with Crippen molar-refractivity contribution in [3.8, 4) is 0 Å². The second-order valence-corrected chi connectivity index (χ2v) is 3.85. The molecular weight excluding hydrogens is 180 g/mol. The van der Waals surface area contributed by atoms with E-state index in [1.54, 1.807) is 0 Å². The van der Waals surface area contributed by atoms with Gasteiger partial charge in [-0.2, -0.15) is 0 Å². The molecule has 4 nitrogen and oxygen atoms in total. The second-order valence-electron chi connectivity index (χ2n) is 3.85. The van der Waals surface area contributed by atoms with E-state index in [4.69, 9.17) is 5.73 Å². The van der Waals surface area contributed by atoms with E-state index < -0.39 is 0 Å². The maximum atomic E-state index is 11.1. The number of primary amides is 1. The van der Waals surface area contributed by atoms with Crippen LogP contribution in [0.1, 0.15) is 32.1 Å². The van der Waals surface area contributed by atoms with E-state index in [0.29, 0.717) is 5.92 Å². The van der Waals surface area contributed by atoms with Crippen molar-refractivity contribution in [2.24, 2.45) is 11.7 Å². The topological polar surface area (TPSA) is 72.2 Å². The van der Waals surface area contributed by atoms with E-state index in [-0.39, 0.29) is 18.5 Å². The highest BCUT2D eigenvalue weighted by molar-refractivity contribution is 5.80. The van der Waals surface area contributed by atoms with E-state index in [9.17, 15) is 9.59 Å². The van der Waals surface area contributed by atoms with Gasteiger partial charge in [-0.15, -0.1) is 0 Å². The molecule has 0 bridgehead atoms. The van der Waals surface area contributed by atoms with Crippen LogP contribution < -0.4 is 11.1 Å². The third-order valence-corrected chi connectivity index (χ3v) is 2.85. The van der Waals surface area contributed by atoms with Crippen LogP contribution in [0.4, 0.5) is 0 Å². The molecule has 1 aliphatic rings. The molecular formula is C10H18N2O2. The van der Waals surface area contributed by atoms with Gasteiger partial charge in [-0.05, 0) is 18.8 Å². The predicted molar refractivity (Wildman–Crippen MR) is 53.6 cm³/mol. The number of hydrogen-bond acceptors (Lipinski definition) is 3. The van der Waals surface area contributed by atoms with Crippen LogP contribution in [0.3, 0.4) is 0 Å². The van der Waals surface area contributed by atoms with Gasteiger partial charge in [-0.3, -0.25) is 10.1 Å². The first-order valence-corrected chi connectivity index (χ1v) is 5.22. The number of hydrogen-bond donors (Lipinski definition) is 2. The van der Waals surface area contributed by atoms with Gasteiger partial charge in [0.05, 0.1) is 12.6 Å². The molecule has 0 heterocycles. The highest BCUT2D eigenvalue weighted by Gasteiger charge is 2.26. The molecule has 1 rings (SSSR count). The number of nitrogens with two attached hydrogens (primary N) is 1. The van der Waals surface area contributed by atoms with Crippen molar-refractivity contribution in [1.29, 1.82) is 0 Å². The first-order chi connectivity index (χ1) is 6.75. The second kappa shape index (κ2) is 5.75. The monoisotopic (exact) mass is 198 g/mol. The largest absolute Gasteiger partial charge is 0.368 e. The third-order valence-electron chi connectivity index (χ3n) is 2.85. The number of aldehydes is 1. The molecule has 3 N–H and O–H groups in total. The maximum Gasteiger partial charge on any atom is 0.234 e. The van der Waals surface area contributed by atoms with Crippen LogP contribution in [0.25, 0.3) is 0 Å². The maximum absolute atomic E-state index is 11.1. The first kappa shape index (κ1) is 11.2. The van der Waals surface area contributed by atoms with Gasteiger partial charge in [0.25, 0.3) is 0 Å². The average molecular weight is 198 g/mol. The Kier molecular flexibility index (Phi) is 4.59. The minimum absolute atomic E-state index is 0.212. The summed E-state index contributed by atoms with van der Waals surface area (Å²) in [6.45, 7) is 0.212. The molecule has 1 fully saturated rings. The number of carbonyl (C=O) groups excluding carboxylic acids is 2. The van der Waals surface area contributed by atoms with E-state index in [0.717, 1.165) is 32.0 Å². The first-order valence-electron chi connectivity index (χ1n) is 5.22. The SMILES string of the molecule is NC(=O)C(NCC=O)C1CCCCC1. The summed E-state index contributed by atoms with van der Waals surface area (Å²) < 4.78 is 0. The average Bonchev–Trinajstić information content (AvgIpc) is 2.19. The Hall–Kier alpha value is -0.900. The Bertz CT molecular complexity index is 200. The van der Waals surface area contributed by atoms with Crippen LogP contribution in [0.5, 0.6) is 0 Å². The molecule has 0 aromatic heterocycles. The van der Waals surface area contributed by atoms with Crippen LogP contribution in [0.2, 0.25) is 0 Å². The van der Waals surface area contributed by atoms with Crippen molar-refractivity contribution < 1.29 is 9.59 Å². The molecule has 14 heavy (non-hydrogen) atoms. The van der Waals surface area contributed by atoms with Gasteiger partial charge in [0, 0.05) is 0 Å². The van der Waals surface area contributed by atoms with Crippen LogP contribution in [0, 0.1) is 5.92 Å². The molecule has 0 aliphatic heterocycles. The van der Waals surface area contributed by atoms with Crippen molar-refractivity contribution in [1.82, 2.24) is 5.32 Å². The Morgan fingerprint density at radius 3 is 2.57 bits per heavy atom. The Balaban J connectivity index is 2.46. The summed E-state index contributed by atoms with van der Waals surface area (Å²) >= 11 is 0.